The van der Waals surface area contributed by atoms with E-state index in [0.29, 0.717) is 42.9 Å². The lowest BCUT2D eigenvalue weighted by Crippen LogP contribution is -2.49. The number of nitrogens with two attached hydrogens (primary N) is 1. The molecule has 9 N–H and O–H groups in total. The smallest absolute Gasteiger partial charge is 0.326 e. The molecule has 2 saturated carbocycles. The van der Waals surface area contributed by atoms with Gasteiger partial charge >= 0.3 is 11.9 Å². The van der Waals surface area contributed by atoms with Crippen LogP contribution in [0.4, 0.5) is 23.1 Å². The molecule has 2 fully saturated rings. The van der Waals surface area contributed by atoms with Gasteiger partial charge in [0.2, 0.25) is 5.95 Å². The molecule has 0 spiro atoms. The number of carboxylic acid groups (broad SMARTS) is 2. The number of carbonyl (C=O) groups excluding carboxylic acids is 2. The fourth-order valence-corrected chi connectivity index (χ4v) is 9.48. The van der Waals surface area contributed by atoms with Crippen LogP contribution < -0.4 is 32.1 Å². The molecule has 1 aromatic heterocycles. The van der Waals surface area contributed by atoms with Crippen molar-refractivity contribution in [1.29, 1.82) is 5.26 Å². The Bertz CT molecular complexity index is 2050. The molecule has 2 aromatic rings. The van der Waals surface area contributed by atoms with Gasteiger partial charge in [0.15, 0.2) is 11.6 Å². The molecule has 0 saturated heterocycles. The first-order valence-corrected chi connectivity index (χ1v) is 19.1. The number of aliphatic hydroxyl groups is 1. The molecule has 1 aromatic carbocycles. The fraction of sp³-hybridized carbons (Fsp3) is 0.525. The molecular weight excluding hydrogens is 720 g/mol. The number of nitrogen functional groups attached to an aromatic ring is 1. The number of aliphatic carboxylic acids is 2. The van der Waals surface area contributed by atoms with E-state index in [0.717, 1.165) is 50.6 Å². The van der Waals surface area contributed by atoms with Crippen LogP contribution in [0, 0.1) is 28.6 Å². The number of hydrogen-bond acceptors (Lipinski definition) is 12. The van der Waals surface area contributed by atoms with Crippen LogP contribution in [-0.2, 0) is 14.4 Å². The molecule has 7 rings (SSSR count). The molecule has 1 aliphatic heterocycles. The summed E-state index contributed by atoms with van der Waals surface area (Å²) in [5, 5.41) is 46.8. The van der Waals surface area contributed by atoms with Gasteiger partial charge in [-0.3, -0.25) is 24.2 Å². The number of nitrogens with zero attached hydrogens (tertiary/aromatic N) is 3. The highest BCUT2D eigenvalue weighted by Gasteiger charge is 2.60. The Morgan fingerprint density at radius 1 is 1.11 bits per heavy atom. The Balaban J connectivity index is 0.000000201. The lowest BCUT2D eigenvalue weighted by Gasteiger charge is -2.51. The number of amides is 1. The maximum Gasteiger partial charge on any atom is 0.326 e. The van der Waals surface area contributed by atoms with Crippen molar-refractivity contribution in [3.8, 4) is 6.07 Å². The number of hydrogen-bond donors (Lipinski definition) is 8. The number of aromatic nitrogens is 2. The third kappa shape index (κ3) is 7.99. The number of fused-ring (bicyclic) bond motifs is 5. The fourth-order valence-electron chi connectivity index (χ4n) is 9.48. The summed E-state index contributed by atoms with van der Waals surface area (Å²) in [5.74, 6) is -1.25. The van der Waals surface area contributed by atoms with Crippen molar-refractivity contribution in [3.05, 3.63) is 63.0 Å². The average Bonchev–Trinajstić information content (AvgIpc) is 3.42. The number of nitriles is 1. The Morgan fingerprint density at radius 3 is 2.55 bits per heavy atom. The van der Waals surface area contributed by atoms with Crippen molar-refractivity contribution in [2.45, 2.75) is 95.2 Å². The van der Waals surface area contributed by atoms with Crippen molar-refractivity contribution < 1.29 is 34.5 Å². The highest BCUT2D eigenvalue weighted by atomic mass is 16.4. The Kier molecular flexibility index (Phi) is 11.6. The minimum absolute atomic E-state index is 0.0388. The van der Waals surface area contributed by atoms with E-state index < -0.39 is 29.5 Å². The molecular formula is C40H50N8O8. The quantitative estimate of drug-likeness (QED) is 0.172. The molecule has 6 atom stereocenters. The number of anilines is 4. The maximum absolute atomic E-state index is 12.3. The number of likely N-dealkylation sites (N-methyl/N-ethyl adjacent to an activating group) is 1. The molecule has 1 amide bonds. The summed E-state index contributed by atoms with van der Waals surface area (Å²) in [4.78, 5) is 66.6. The number of nitrogens with one attached hydrogen (secondary N) is 4. The number of carbonyl (C=O) groups is 4. The second kappa shape index (κ2) is 16.2. The van der Waals surface area contributed by atoms with Gasteiger partial charge in [-0.25, -0.2) is 4.79 Å². The summed E-state index contributed by atoms with van der Waals surface area (Å²) in [5.41, 5.74) is 10.0. The first kappa shape index (κ1) is 40.0. The minimum atomic E-state index is -1.30. The highest BCUT2D eigenvalue weighted by Crippen LogP contribution is 2.64. The second-order valence-corrected chi connectivity index (χ2v) is 15.8. The van der Waals surface area contributed by atoms with Crippen LogP contribution >= 0.6 is 0 Å². The normalized spacial score (nSPS) is 26.7. The zero-order valence-corrected chi connectivity index (χ0v) is 31.7. The van der Waals surface area contributed by atoms with E-state index in [1.54, 1.807) is 24.8 Å². The van der Waals surface area contributed by atoms with E-state index in [1.807, 2.05) is 11.0 Å². The van der Waals surface area contributed by atoms with Crippen molar-refractivity contribution in [1.82, 2.24) is 15.3 Å². The van der Waals surface area contributed by atoms with Gasteiger partial charge in [0, 0.05) is 49.6 Å². The van der Waals surface area contributed by atoms with Gasteiger partial charge in [0.1, 0.15) is 11.7 Å². The lowest BCUT2D eigenvalue weighted by molar-refractivity contribution is -0.140. The molecule has 16 nitrogen and oxygen atoms in total. The van der Waals surface area contributed by atoms with E-state index in [2.05, 4.69) is 38.9 Å². The highest BCUT2D eigenvalue weighted by molar-refractivity contribution is 5.97. The number of ketones is 1. The number of allylic oxidation sites excluding steroid dienone is 4. The van der Waals surface area contributed by atoms with Gasteiger partial charge in [-0.1, -0.05) is 12.5 Å². The molecule has 0 radical (unpaired) electrons. The predicted octanol–water partition coefficient (Wildman–Crippen LogP) is 3.58. The molecule has 298 valence electrons. The maximum atomic E-state index is 12.3. The summed E-state index contributed by atoms with van der Waals surface area (Å²) in [6, 6.07) is 7.25. The van der Waals surface area contributed by atoms with Crippen molar-refractivity contribution in [2.24, 2.45) is 17.3 Å². The topological polar surface area (TPSA) is 264 Å². The van der Waals surface area contributed by atoms with Crippen LogP contribution in [0.25, 0.3) is 0 Å². The van der Waals surface area contributed by atoms with Gasteiger partial charge in [-0.05, 0) is 105 Å². The minimum Gasteiger partial charge on any atom is -0.481 e. The third-order valence-corrected chi connectivity index (χ3v) is 12.7. The Labute approximate surface area is 324 Å². The second-order valence-electron chi connectivity index (χ2n) is 15.8. The van der Waals surface area contributed by atoms with Crippen LogP contribution in [0.5, 0.6) is 0 Å². The molecule has 5 aliphatic rings. The van der Waals surface area contributed by atoms with Crippen LogP contribution in [-0.4, -0.2) is 86.7 Å². The zero-order chi connectivity index (χ0) is 40.4. The molecule has 56 heavy (non-hydrogen) atoms. The zero-order valence-electron chi connectivity index (χ0n) is 31.7. The van der Waals surface area contributed by atoms with Crippen molar-refractivity contribution in [3.63, 3.8) is 0 Å². The molecule has 0 unspecified atom stereocenters. The summed E-state index contributed by atoms with van der Waals surface area (Å²) in [7, 11) is 1.79. The number of H-pyrrole nitrogens is 1. The van der Waals surface area contributed by atoms with Crippen LogP contribution in [0.15, 0.2) is 51.9 Å². The van der Waals surface area contributed by atoms with Gasteiger partial charge in [0.25, 0.3) is 11.5 Å². The predicted molar refractivity (Wildman–Crippen MR) is 208 cm³/mol. The number of rotatable bonds is 10. The van der Waals surface area contributed by atoms with Gasteiger partial charge in [-0.15, -0.1) is 0 Å². The standard InChI is InChI=1S/C20H25N7O6.C20H25NO2/c1-27-12(9-23-16-15(27)18(31)26-20(21)25-16)8-22-11-4-2-10(3-5-11)17(30)24-13(19(32)33)6-7-14(28)29;1-19-8-6-16-15-5-3-14(22)12-13(15)2-4-17(16)18(19)7-9-20(19,23)10-11-21/h2-5,12-13,22H,6-9H2,1H3,(H,24,30)(H,28,29)(H,32,33)(H4,21,23,25,26,31);12,17-18,23H,2-10H2,1H3/t12-,13-;17-,18+,19+,20-/m01/s1. The third-order valence-electron chi connectivity index (χ3n) is 12.7. The monoisotopic (exact) mass is 770 g/mol. The van der Waals surface area contributed by atoms with Gasteiger partial charge in [0.05, 0.1) is 24.1 Å². The van der Waals surface area contributed by atoms with Gasteiger partial charge < -0.3 is 41.9 Å². The number of aromatic amines is 1. The molecule has 2 heterocycles. The van der Waals surface area contributed by atoms with E-state index in [-0.39, 0.29) is 53.6 Å². The van der Waals surface area contributed by atoms with Gasteiger partial charge in [-0.2, -0.15) is 10.2 Å². The largest absolute Gasteiger partial charge is 0.481 e. The SMILES string of the molecule is CN1c2c(nc(N)[nH]c2=O)NC[C@@H]1CNc1ccc(C(=O)N[C@@H](CCC(=O)O)C(=O)O)cc1.C[C@]12CCC3=C4CCC(=O)C=C4CC[C@H]3[C@@H]1CC[C@@]2(O)CC#N. The van der Waals surface area contributed by atoms with Crippen LogP contribution in [0.3, 0.4) is 0 Å². The average molecular weight is 771 g/mol. The van der Waals surface area contributed by atoms with Crippen molar-refractivity contribution in [2.75, 3.05) is 41.4 Å². The first-order chi connectivity index (χ1) is 26.6. The molecule has 16 heteroatoms. The number of carboxylic acids is 2. The Morgan fingerprint density at radius 2 is 1.86 bits per heavy atom. The van der Waals surface area contributed by atoms with Crippen molar-refractivity contribution >= 4 is 46.8 Å². The van der Waals surface area contributed by atoms with Crippen LogP contribution in [0.2, 0.25) is 0 Å². The van der Waals surface area contributed by atoms with Crippen LogP contribution in [0.1, 0.15) is 87.9 Å². The summed E-state index contributed by atoms with van der Waals surface area (Å²) >= 11 is 0. The summed E-state index contributed by atoms with van der Waals surface area (Å²) < 4.78 is 0. The lowest BCUT2D eigenvalue weighted by atomic mass is 9.54. The molecule has 0 bridgehead atoms. The van der Waals surface area contributed by atoms with E-state index in [4.69, 9.17) is 16.1 Å². The Hall–Kier alpha value is -5.69. The first-order valence-electron chi connectivity index (χ1n) is 19.1. The molecule has 4 aliphatic carbocycles. The van der Waals surface area contributed by atoms with E-state index in [1.165, 1.54) is 23.3 Å². The summed E-state index contributed by atoms with van der Waals surface area (Å²) in [6.45, 7) is 3.23. The summed E-state index contributed by atoms with van der Waals surface area (Å²) in [6.07, 6.45) is 9.08. The van der Waals surface area contributed by atoms with E-state index in [9.17, 15) is 34.2 Å². The number of benzene rings is 1. The van der Waals surface area contributed by atoms with E-state index >= 15 is 0 Å².